The van der Waals surface area contributed by atoms with E-state index in [-0.39, 0.29) is 17.7 Å². The molecule has 4 aromatic rings. The summed E-state index contributed by atoms with van der Waals surface area (Å²) in [5.41, 5.74) is 1.14. The van der Waals surface area contributed by atoms with Crippen LogP contribution >= 0.6 is 0 Å². The van der Waals surface area contributed by atoms with E-state index in [1.165, 1.54) is 19.1 Å². The number of pyridine rings is 1. The zero-order valence-electron chi connectivity index (χ0n) is 18.3. The standard InChI is InChI=1S/C25H19F3N2O5/c1-15(24(33)29-16-10-12-17(13-11-16)35-25(26,27)28)34-22(31)14-30-20-8-4-2-6-18(20)23(32)19-7-3-5-9-21(19)30/h2-13,15H,14H2,1H3,(H,29,33). The molecule has 1 amide bonds. The van der Waals surface area contributed by atoms with Crippen LogP contribution in [0.2, 0.25) is 0 Å². The molecule has 1 N–H and O–H groups in total. The van der Waals surface area contributed by atoms with Crippen molar-refractivity contribution in [2.45, 2.75) is 25.9 Å². The van der Waals surface area contributed by atoms with E-state index in [2.05, 4.69) is 10.1 Å². The number of hydrogen-bond acceptors (Lipinski definition) is 5. The number of esters is 1. The number of hydrogen-bond donors (Lipinski definition) is 1. The first kappa shape index (κ1) is 23.8. The molecule has 0 saturated heterocycles. The fourth-order valence-corrected chi connectivity index (χ4v) is 3.65. The number of halogens is 3. The summed E-state index contributed by atoms with van der Waals surface area (Å²) in [6.45, 7) is 1.12. The molecule has 1 atom stereocenters. The Labute approximate surface area is 196 Å². The highest BCUT2D eigenvalue weighted by atomic mass is 19.4. The van der Waals surface area contributed by atoms with E-state index in [4.69, 9.17) is 4.74 Å². The molecule has 0 bridgehead atoms. The Kier molecular flexibility index (Phi) is 6.46. The van der Waals surface area contributed by atoms with Gasteiger partial charge in [-0.2, -0.15) is 0 Å². The number of carbonyl (C=O) groups excluding carboxylic acids is 2. The number of alkyl halides is 3. The van der Waals surface area contributed by atoms with Crippen molar-refractivity contribution in [1.29, 1.82) is 0 Å². The predicted molar refractivity (Wildman–Crippen MR) is 123 cm³/mol. The van der Waals surface area contributed by atoms with Gasteiger partial charge in [-0.15, -0.1) is 13.2 Å². The van der Waals surface area contributed by atoms with Gasteiger partial charge in [0.15, 0.2) is 11.5 Å². The summed E-state index contributed by atoms with van der Waals surface area (Å²) in [6.07, 6.45) is -6.01. The molecule has 4 rings (SSSR count). The van der Waals surface area contributed by atoms with Crippen molar-refractivity contribution in [1.82, 2.24) is 4.57 Å². The number of nitrogens with one attached hydrogen (secondary N) is 1. The van der Waals surface area contributed by atoms with Crippen molar-refractivity contribution in [3.63, 3.8) is 0 Å². The summed E-state index contributed by atoms with van der Waals surface area (Å²) in [5, 5.41) is 3.36. The normalized spacial score (nSPS) is 12.3. The summed E-state index contributed by atoms with van der Waals surface area (Å²) >= 11 is 0. The van der Waals surface area contributed by atoms with Gasteiger partial charge in [0.25, 0.3) is 5.91 Å². The monoisotopic (exact) mass is 484 g/mol. The number of carbonyl (C=O) groups is 2. The first-order chi connectivity index (χ1) is 16.6. The maximum atomic E-state index is 12.8. The first-order valence-electron chi connectivity index (χ1n) is 10.5. The lowest BCUT2D eigenvalue weighted by Crippen LogP contribution is -2.31. The van der Waals surface area contributed by atoms with Crippen LogP contribution in [0.25, 0.3) is 21.8 Å². The lowest BCUT2D eigenvalue weighted by Gasteiger charge is -2.17. The first-order valence-corrected chi connectivity index (χ1v) is 10.5. The Balaban J connectivity index is 1.47. The third kappa shape index (κ3) is 5.43. The second-order valence-corrected chi connectivity index (χ2v) is 7.64. The Morgan fingerprint density at radius 2 is 1.46 bits per heavy atom. The zero-order chi connectivity index (χ0) is 25.2. The molecule has 0 aliphatic heterocycles. The average molecular weight is 484 g/mol. The summed E-state index contributed by atoms with van der Waals surface area (Å²) < 4.78 is 47.5. The minimum atomic E-state index is -4.82. The van der Waals surface area contributed by atoms with Crippen LogP contribution in [0.1, 0.15) is 6.92 Å². The molecule has 0 aliphatic carbocycles. The number of rotatable bonds is 6. The van der Waals surface area contributed by atoms with Gasteiger partial charge in [0.2, 0.25) is 0 Å². The van der Waals surface area contributed by atoms with E-state index in [0.29, 0.717) is 21.8 Å². The van der Waals surface area contributed by atoms with Gasteiger partial charge in [0, 0.05) is 16.5 Å². The SMILES string of the molecule is CC(OC(=O)Cn1c2ccccc2c(=O)c2ccccc21)C(=O)Nc1ccc(OC(F)(F)F)cc1. The smallest absolute Gasteiger partial charge is 0.451 e. The van der Waals surface area contributed by atoms with Crippen LogP contribution in [0.5, 0.6) is 5.75 Å². The highest BCUT2D eigenvalue weighted by Gasteiger charge is 2.31. The lowest BCUT2D eigenvalue weighted by atomic mass is 10.1. The summed E-state index contributed by atoms with van der Waals surface area (Å²) in [5.74, 6) is -1.81. The summed E-state index contributed by atoms with van der Waals surface area (Å²) in [4.78, 5) is 38.0. The van der Waals surface area contributed by atoms with Gasteiger partial charge in [-0.3, -0.25) is 14.4 Å². The fraction of sp³-hybridized carbons (Fsp3) is 0.160. The third-order valence-electron chi connectivity index (χ3n) is 5.20. The lowest BCUT2D eigenvalue weighted by molar-refractivity contribution is -0.274. The zero-order valence-corrected chi connectivity index (χ0v) is 18.3. The van der Waals surface area contributed by atoms with E-state index in [9.17, 15) is 27.6 Å². The fourth-order valence-electron chi connectivity index (χ4n) is 3.65. The molecule has 7 nitrogen and oxygen atoms in total. The molecular weight excluding hydrogens is 465 g/mol. The van der Waals surface area contributed by atoms with Gasteiger partial charge in [0.1, 0.15) is 12.3 Å². The van der Waals surface area contributed by atoms with Gasteiger partial charge in [0.05, 0.1) is 11.0 Å². The average Bonchev–Trinajstić information content (AvgIpc) is 2.82. The molecule has 0 radical (unpaired) electrons. The number of fused-ring (bicyclic) bond motifs is 2. The van der Waals surface area contributed by atoms with Crippen molar-refractivity contribution in [2.75, 3.05) is 5.32 Å². The van der Waals surface area contributed by atoms with Crippen molar-refractivity contribution >= 4 is 39.4 Å². The summed E-state index contributed by atoms with van der Waals surface area (Å²) in [6, 6.07) is 18.3. The van der Waals surface area contributed by atoms with Crippen molar-refractivity contribution in [3.05, 3.63) is 83.0 Å². The minimum Gasteiger partial charge on any atom is -0.451 e. The number of anilines is 1. The van der Waals surface area contributed by atoms with E-state index in [1.54, 1.807) is 53.1 Å². The number of ether oxygens (including phenoxy) is 2. The van der Waals surface area contributed by atoms with Crippen LogP contribution in [0.4, 0.5) is 18.9 Å². The van der Waals surface area contributed by atoms with Gasteiger partial charge in [-0.05, 0) is 55.5 Å². The largest absolute Gasteiger partial charge is 0.573 e. The molecular formula is C25H19F3N2O5. The number of aromatic nitrogens is 1. The van der Waals surface area contributed by atoms with Gasteiger partial charge in [-0.25, -0.2) is 0 Å². The van der Waals surface area contributed by atoms with E-state index < -0.39 is 30.1 Å². The number of benzene rings is 3. The quantitative estimate of drug-likeness (QED) is 0.319. The Bertz CT molecular complexity index is 1400. The van der Waals surface area contributed by atoms with Crippen molar-refractivity contribution in [3.8, 4) is 5.75 Å². The predicted octanol–water partition coefficient (Wildman–Crippen LogP) is 4.62. The Morgan fingerprint density at radius 3 is 2.00 bits per heavy atom. The topological polar surface area (TPSA) is 86.6 Å². The van der Waals surface area contributed by atoms with Gasteiger partial charge in [-0.1, -0.05) is 24.3 Å². The molecule has 35 heavy (non-hydrogen) atoms. The number of amides is 1. The second kappa shape index (κ2) is 9.49. The Hall–Kier alpha value is -4.34. The second-order valence-electron chi connectivity index (χ2n) is 7.64. The van der Waals surface area contributed by atoms with Crippen LogP contribution in [0, 0.1) is 0 Å². The van der Waals surface area contributed by atoms with Crippen molar-refractivity contribution in [2.24, 2.45) is 0 Å². The van der Waals surface area contributed by atoms with Crippen LogP contribution in [-0.4, -0.2) is 28.9 Å². The molecule has 0 spiro atoms. The number of nitrogens with zero attached hydrogens (tertiary/aromatic N) is 1. The van der Waals surface area contributed by atoms with E-state index in [1.807, 2.05) is 0 Å². The Morgan fingerprint density at radius 1 is 0.914 bits per heavy atom. The molecule has 3 aromatic carbocycles. The summed E-state index contributed by atoms with van der Waals surface area (Å²) in [7, 11) is 0. The van der Waals surface area contributed by atoms with Crippen LogP contribution in [-0.2, 0) is 20.9 Å². The molecule has 10 heteroatoms. The molecule has 1 aromatic heterocycles. The van der Waals surface area contributed by atoms with Gasteiger partial charge < -0.3 is 19.4 Å². The van der Waals surface area contributed by atoms with E-state index in [0.717, 1.165) is 12.1 Å². The molecule has 0 fully saturated rings. The molecule has 1 heterocycles. The maximum absolute atomic E-state index is 12.8. The third-order valence-corrected chi connectivity index (χ3v) is 5.20. The number of para-hydroxylation sites is 2. The van der Waals surface area contributed by atoms with Crippen LogP contribution in [0.15, 0.2) is 77.6 Å². The van der Waals surface area contributed by atoms with Crippen LogP contribution in [0.3, 0.4) is 0 Å². The molecule has 1 unspecified atom stereocenters. The maximum Gasteiger partial charge on any atom is 0.573 e. The van der Waals surface area contributed by atoms with Gasteiger partial charge >= 0.3 is 12.3 Å². The highest BCUT2D eigenvalue weighted by Crippen LogP contribution is 2.24. The molecule has 0 aliphatic rings. The van der Waals surface area contributed by atoms with E-state index >= 15 is 0 Å². The van der Waals surface area contributed by atoms with Crippen molar-refractivity contribution < 1.29 is 32.2 Å². The molecule has 180 valence electrons. The highest BCUT2D eigenvalue weighted by molar-refractivity contribution is 5.96. The minimum absolute atomic E-state index is 0.153. The molecule has 0 saturated carbocycles. The van der Waals surface area contributed by atoms with Crippen LogP contribution < -0.4 is 15.5 Å².